The highest BCUT2D eigenvalue weighted by Gasteiger charge is 2.30. The minimum absolute atomic E-state index is 0.00856. The predicted octanol–water partition coefficient (Wildman–Crippen LogP) is 1.76. The molecule has 0 unspecified atom stereocenters. The Kier molecular flexibility index (Phi) is 3.00. The molecule has 7 heteroatoms. The van der Waals surface area contributed by atoms with E-state index in [-0.39, 0.29) is 18.1 Å². The smallest absolute Gasteiger partial charge is 0.356 e. The van der Waals surface area contributed by atoms with Gasteiger partial charge in [0.25, 0.3) is 5.91 Å². The van der Waals surface area contributed by atoms with Crippen LogP contribution in [0.5, 0.6) is 0 Å². The van der Waals surface area contributed by atoms with Gasteiger partial charge in [-0.25, -0.2) is 9.78 Å². The van der Waals surface area contributed by atoms with Gasteiger partial charge in [0.2, 0.25) is 0 Å². The molecule has 1 aliphatic rings. The Hall–Kier alpha value is -1.90. The second-order valence-electron chi connectivity index (χ2n) is 4.50. The molecule has 0 fully saturated rings. The number of carboxylic acids is 1. The van der Waals surface area contributed by atoms with E-state index < -0.39 is 5.97 Å². The molecule has 1 aromatic carbocycles. The van der Waals surface area contributed by atoms with Gasteiger partial charge in [-0.1, -0.05) is 12.1 Å². The minimum Gasteiger partial charge on any atom is -0.476 e. The number of imidazole rings is 1. The molecule has 0 saturated carbocycles. The molecule has 3 rings (SSSR count). The van der Waals surface area contributed by atoms with Crippen LogP contribution in [0.2, 0.25) is 0 Å². The van der Waals surface area contributed by atoms with E-state index >= 15 is 0 Å². The molecule has 2 aromatic rings. The van der Waals surface area contributed by atoms with E-state index in [1.807, 2.05) is 28.7 Å². The molecule has 20 heavy (non-hydrogen) atoms. The zero-order chi connectivity index (χ0) is 14.4. The van der Waals surface area contributed by atoms with E-state index in [1.165, 1.54) is 4.90 Å². The molecule has 1 aromatic heterocycles. The van der Waals surface area contributed by atoms with Crippen LogP contribution < -0.4 is 0 Å². The van der Waals surface area contributed by atoms with Crippen LogP contribution in [0.15, 0.2) is 24.3 Å². The van der Waals surface area contributed by atoms with Crippen LogP contribution in [0.4, 0.5) is 0 Å². The first kappa shape index (κ1) is 13.1. The number of aromatic nitrogens is 2. The lowest BCUT2D eigenvalue weighted by atomic mass is 10.1. The summed E-state index contributed by atoms with van der Waals surface area (Å²) in [7, 11) is 1.65. The topological polar surface area (TPSA) is 75.4 Å². The Labute approximate surface area is 128 Å². The van der Waals surface area contributed by atoms with Gasteiger partial charge in [-0.2, -0.15) is 0 Å². The Morgan fingerprint density at radius 3 is 2.80 bits per heavy atom. The van der Waals surface area contributed by atoms with Crippen LogP contribution in [0.1, 0.15) is 26.5 Å². The first-order valence-electron chi connectivity index (χ1n) is 5.86. The van der Waals surface area contributed by atoms with Gasteiger partial charge in [0.05, 0.1) is 23.5 Å². The number of hydrogen-bond donors (Lipinski definition) is 1. The number of carbonyl (C=O) groups is 2. The van der Waals surface area contributed by atoms with E-state index in [9.17, 15) is 14.7 Å². The average molecular weight is 383 g/mol. The highest BCUT2D eigenvalue weighted by Crippen LogP contribution is 2.28. The summed E-state index contributed by atoms with van der Waals surface area (Å²) in [5.74, 6) is -1.21. The molecule has 1 amide bonds. The molecule has 102 valence electrons. The summed E-state index contributed by atoms with van der Waals surface area (Å²) in [6, 6.07) is 7.14. The van der Waals surface area contributed by atoms with Gasteiger partial charge in [0.15, 0.2) is 9.53 Å². The van der Waals surface area contributed by atoms with E-state index in [4.69, 9.17) is 0 Å². The maximum absolute atomic E-state index is 12.3. The summed E-state index contributed by atoms with van der Waals surface area (Å²) >= 11 is 1.98. The second-order valence-corrected chi connectivity index (χ2v) is 5.46. The Bertz CT molecular complexity index is 738. The third-order valence-electron chi connectivity index (χ3n) is 3.24. The van der Waals surface area contributed by atoms with Gasteiger partial charge in [-0.3, -0.25) is 9.36 Å². The summed E-state index contributed by atoms with van der Waals surface area (Å²) in [5.41, 5.74) is 1.72. The van der Waals surface area contributed by atoms with Gasteiger partial charge in [-0.05, 0) is 12.1 Å². The van der Waals surface area contributed by atoms with E-state index in [2.05, 4.69) is 4.98 Å². The van der Waals surface area contributed by atoms with Gasteiger partial charge in [-0.15, -0.1) is 0 Å². The number of para-hydroxylation sites is 1. The Balaban J connectivity index is 2.37. The lowest BCUT2D eigenvalue weighted by Gasteiger charge is -2.13. The average Bonchev–Trinajstić information content (AvgIpc) is 2.69. The summed E-state index contributed by atoms with van der Waals surface area (Å²) < 4.78 is 2.27. The lowest BCUT2D eigenvalue weighted by molar-refractivity contribution is 0.0683. The van der Waals surface area contributed by atoms with Crippen molar-refractivity contribution in [3.05, 3.63) is 45.0 Å². The van der Waals surface area contributed by atoms with Crippen molar-refractivity contribution in [3.8, 4) is 5.69 Å². The maximum atomic E-state index is 12.3. The van der Waals surface area contributed by atoms with Crippen molar-refractivity contribution < 1.29 is 14.7 Å². The number of hydrogen-bond acceptors (Lipinski definition) is 3. The maximum Gasteiger partial charge on any atom is 0.356 e. The highest BCUT2D eigenvalue weighted by atomic mass is 127. The Morgan fingerprint density at radius 2 is 2.10 bits per heavy atom. The molecule has 0 spiro atoms. The summed E-state index contributed by atoms with van der Waals surface area (Å²) in [6.07, 6.45) is 0. The molecule has 0 saturated heterocycles. The van der Waals surface area contributed by atoms with Gasteiger partial charge in [0.1, 0.15) is 0 Å². The van der Waals surface area contributed by atoms with E-state index in [1.54, 1.807) is 29.8 Å². The summed E-state index contributed by atoms with van der Waals surface area (Å²) in [6.45, 7) is 0.213. The molecule has 1 N–H and O–H groups in total. The molecular formula is C13H10IN3O3. The van der Waals surface area contributed by atoms with Gasteiger partial charge >= 0.3 is 5.97 Å². The second kappa shape index (κ2) is 4.58. The molecule has 2 heterocycles. The largest absolute Gasteiger partial charge is 0.476 e. The quantitative estimate of drug-likeness (QED) is 0.762. The van der Waals surface area contributed by atoms with Crippen LogP contribution in [-0.2, 0) is 6.54 Å². The first-order chi connectivity index (χ1) is 9.50. The SMILES string of the molecule is CN1Cc2c(C(=O)O)nc(I)n2-c2ccccc2C1=O. The number of nitrogens with zero attached hydrogens (tertiary/aromatic N) is 3. The van der Waals surface area contributed by atoms with Crippen molar-refractivity contribution in [2.75, 3.05) is 7.05 Å². The molecule has 1 aliphatic heterocycles. The molecular weight excluding hydrogens is 373 g/mol. The van der Waals surface area contributed by atoms with Crippen LogP contribution in [0.25, 0.3) is 5.69 Å². The van der Waals surface area contributed by atoms with Crippen molar-refractivity contribution >= 4 is 34.5 Å². The third-order valence-corrected chi connectivity index (χ3v) is 3.97. The van der Waals surface area contributed by atoms with E-state index in [0.717, 1.165) is 0 Å². The third kappa shape index (κ3) is 1.80. The fraction of sp³-hybridized carbons (Fsp3) is 0.154. The first-order valence-corrected chi connectivity index (χ1v) is 6.94. The fourth-order valence-electron chi connectivity index (χ4n) is 2.34. The number of rotatable bonds is 1. The van der Waals surface area contributed by atoms with Crippen LogP contribution >= 0.6 is 22.6 Å². The zero-order valence-corrected chi connectivity index (χ0v) is 12.7. The standard InChI is InChI=1S/C13H10IN3O3/c1-16-6-9-10(12(19)20)15-13(14)17(9)8-5-3-2-4-7(8)11(16)18/h2-5H,6H2,1H3,(H,19,20). The number of aromatic carboxylic acids is 1. The Morgan fingerprint density at radius 1 is 1.40 bits per heavy atom. The number of amides is 1. The van der Waals surface area contributed by atoms with Gasteiger partial charge in [0, 0.05) is 29.6 Å². The summed E-state index contributed by atoms with van der Waals surface area (Å²) in [4.78, 5) is 29.3. The predicted molar refractivity (Wildman–Crippen MR) is 79.0 cm³/mol. The van der Waals surface area contributed by atoms with Crippen molar-refractivity contribution in [2.24, 2.45) is 0 Å². The molecule has 0 radical (unpaired) electrons. The number of carboxylic acid groups (broad SMARTS) is 1. The molecule has 0 bridgehead atoms. The van der Waals surface area contributed by atoms with Crippen LogP contribution in [0, 0.1) is 3.83 Å². The van der Waals surface area contributed by atoms with Crippen molar-refractivity contribution in [2.45, 2.75) is 6.54 Å². The monoisotopic (exact) mass is 383 g/mol. The number of fused-ring (bicyclic) bond motifs is 3. The molecule has 0 atom stereocenters. The van der Waals surface area contributed by atoms with Crippen molar-refractivity contribution in [1.29, 1.82) is 0 Å². The fourth-order valence-corrected chi connectivity index (χ4v) is 3.13. The molecule has 6 nitrogen and oxygen atoms in total. The molecule has 0 aliphatic carbocycles. The number of carbonyl (C=O) groups excluding carboxylic acids is 1. The number of halogens is 1. The zero-order valence-electron chi connectivity index (χ0n) is 10.5. The summed E-state index contributed by atoms with van der Waals surface area (Å²) in [5, 5.41) is 9.26. The highest BCUT2D eigenvalue weighted by molar-refractivity contribution is 14.1. The minimum atomic E-state index is -1.09. The van der Waals surface area contributed by atoms with Crippen LogP contribution in [0.3, 0.4) is 0 Å². The van der Waals surface area contributed by atoms with Crippen molar-refractivity contribution in [3.63, 3.8) is 0 Å². The number of benzene rings is 1. The normalized spacial score (nSPS) is 13.7. The van der Waals surface area contributed by atoms with Crippen LogP contribution in [-0.4, -0.2) is 38.5 Å². The van der Waals surface area contributed by atoms with E-state index in [0.29, 0.717) is 20.8 Å². The van der Waals surface area contributed by atoms with Crippen molar-refractivity contribution in [1.82, 2.24) is 14.5 Å². The lowest BCUT2D eigenvalue weighted by Crippen LogP contribution is -2.25. The van der Waals surface area contributed by atoms with Gasteiger partial charge < -0.3 is 10.0 Å².